The highest BCUT2D eigenvalue weighted by Gasteiger charge is 2.37. The van der Waals surface area contributed by atoms with Crippen LogP contribution in [0.5, 0.6) is 5.75 Å². The fourth-order valence-electron chi connectivity index (χ4n) is 3.83. The molecule has 202 valence electrons. The number of carbonyl (C=O) groups is 3. The Morgan fingerprint density at radius 1 is 1.08 bits per heavy atom. The van der Waals surface area contributed by atoms with Gasteiger partial charge in [-0.15, -0.1) is 0 Å². The molecule has 0 radical (unpaired) electrons. The van der Waals surface area contributed by atoms with Crippen molar-refractivity contribution < 1.29 is 24.2 Å². The van der Waals surface area contributed by atoms with E-state index in [2.05, 4.69) is 10.6 Å². The summed E-state index contributed by atoms with van der Waals surface area (Å²) < 4.78 is 5.31. The van der Waals surface area contributed by atoms with Gasteiger partial charge in [-0.2, -0.15) is 0 Å². The highest BCUT2D eigenvalue weighted by Crippen LogP contribution is 2.32. The van der Waals surface area contributed by atoms with E-state index in [0.29, 0.717) is 28.3 Å². The predicted molar refractivity (Wildman–Crippen MR) is 146 cm³/mol. The van der Waals surface area contributed by atoms with Gasteiger partial charge in [-0.05, 0) is 89.8 Å². The van der Waals surface area contributed by atoms with E-state index < -0.39 is 35.6 Å². The minimum atomic E-state index is -1.07. The van der Waals surface area contributed by atoms with Crippen molar-refractivity contribution in [2.45, 2.75) is 85.5 Å². The van der Waals surface area contributed by atoms with Crippen LogP contribution in [0.25, 0.3) is 0 Å². The third-order valence-electron chi connectivity index (χ3n) is 5.96. The van der Waals surface area contributed by atoms with E-state index >= 15 is 0 Å². The molecular formula is C28H38ClN3O5. The molecule has 0 aliphatic rings. The van der Waals surface area contributed by atoms with Crippen LogP contribution in [-0.2, 0) is 14.3 Å². The zero-order valence-corrected chi connectivity index (χ0v) is 23.6. The number of benzene rings is 2. The number of nitrogens with zero attached hydrogens (tertiary/aromatic N) is 1. The molecule has 0 saturated carbocycles. The molecule has 0 fully saturated rings. The lowest BCUT2D eigenvalue weighted by atomic mass is 9.98. The lowest BCUT2D eigenvalue weighted by Crippen LogP contribution is -2.53. The Morgan fingerprint density at radius 3 is 2.27 bits per heavy atom. The van der Waals surface area contributed by atoms with Crippen LogP contribution in [0.2, 0.25) is 5.02 Å². The van der Waals surface area contributed by atoms with Crippen molar-refractivity contribution in [1.29, 1.82) is 0 Å². The van der Waals surface area contributed by atoms with Crippen molar-refractivity contribution in [2.75, 3.05) is 5.32 Å². The van der Waals surface area contributed by atoms with E-state index in [4.69, 9.17) is 16.3 Å². The second-order valence-electron chi connectivity index (χ2n) is 10.2. The third-order valence-corrected chi connectivity index (χ3v) is 6.27. The molecule has 2 aromatic carbocycles. The summed E-state index contributed by atoms with van der Waals surface area (Å²) in [4.78, 5) is 41.5. The molecule has 0 spiro atoms. The standard InChI is InChI=1S/C28H38ClN3O5/c1-9-18(4)32(26(35)19(5)30-27(36)37-28(6,7)8)24(20-13-14-22(33)17(3)15-20)25(34)31-23-16(2)11-10-12-21(23)29/h10-15,18-19,24,33H,9H2,1-8H3,(H,30,36)(H,31,34). The second-order valence-corrected chi connectivity index (χ2v) is 10.6. The largest absolute Gasteiger partial charge is 0.508 e. The van der Waals surface area contributed by atoms with Crippen LogP contribution in [0.1, 0.15) is 70.7 Å². The topological polar surface area (TPSA) is 108 Å². The first-order valence-corrected chi connectivity index (χ1v) is 12.7. The quantitative estimate of drug-likeness (QED) is 0.394. The van der Waals surface area contributed by atoms with E-state index in [-0.39, 0.29) is 11.8 Å². The van der Waals surface area contributed by atoms with Crippen molar-refractivity contribution >= 4 is 35.2 Å². The van der Waals surface area contributed by atoms with Crippen LogP contribution in [0.4, 0.5) is 10.5 Å². The van der Waals surface area contributed by atoms with Gasteiger partial charge in [0.25, 0.3) is 5.91 Å². The fraction of sp³-hybridized carbons (Fsp3) is 0.464. The summed E-state index contributed by atoms with van der Waals surface area (Å²) in [6, 6.07) is 7.65. The molecule has 0 bridgehead atoms. The van der Waals surface area contributed by atoms with E-state index in [0.717, 1.165) is 5.56 Å². The molecule has 2 aromatic rings. The first-order chi connectivity index (χ1) is 17.2. The van der Waals surface area contributed by atoms with Gasteiger partial charge in [0.1, 0.15) is 23.4 Å². The Labute approximate surface area is 224 Å². The molecule has 0 aromatic heterocycles. The zero-order valence-electron chi connectivity index (χ0n) is 22.8. The van der Waals surface area contributed by atoms with Crippen LogP contribution in [-0.4, -0.2) is 45.6 Å². The molecular weight excluding hydrogens is 494 g/mol. The van der Waals surface area contributed by atoms with Crippen molar-refractivity contribution in [3.63, 3.8) is 0 Å². The maximum Gasteiger partial charge on any atom is 0.408 e. The van der Waals surface area contributed by atoms with Gasteiger partial charge in [0.2, 0.25) is 5.91 Å². The maximum atomic E-state index is 13.9. The number of alkyl carbamates (subject to hydrolysis) is 1. The third kappa shape index (κ3) is 7.86. The van der Waals surface area contributed by atoms with E-state index in [1.807, 2.05) is 26.8 Å². The molecule has 0 aliphatic carbocycles. The number of hydrogen-bond acceptors (Lipinski definition) is 5. The summed E-state index contributed by atoms with van der Waals surface area (Å²) in [5.74, 6) is -0.854. The van der Waals surface area contributed by atoms with Gasteiger partial charge in [0.05, 0.1) is 10.7 Å². The number of anilines is 1. The molecule has 3 atom stereocenters. The van der Waals surface area contributed by atoms with Crippen molar-refractivity contribution in [1.82, 2.24) is 10.2 Å². The lowest BCUT2D eigenvalue weighted by molar-refractivity contribution is -0.143. The molecule has 0 heterocycles. The molecule has 3 unspecified atom stereocenters. The summed E-state index contributed by atoms with van der Waals surface area (Å²) in [7, 11) is 0. The normalized spacial score (nSPS) is 13.8. The highest BCUT2D eigenvalue weighted by molar-refractivity contribution is 6.34. The number of carbonyl (C=O) groups excluding carboxylic acids is 3. The summed E-state index contributed by atoms with van der Waals surface area (Å²) in [6.45, 7) is 14.0. The summed E-state index contributed by atoms with van der Waals surface area (Å²) in [5.41, 5.74) is 1.55. The number of para-hydroxylation sites is 1. The van der Waals surface area contributed by atoms with Crippen LogP contribution < -0.4 is 10.6 Å². The number of phenols is 1. The van der Waals surface area contributed by atoms with Crippen molar-refractivity contribution in [2.24, 2.45) is 0 Å². The lowest BCUT2D eigenvalue weighted by Gasteiger charge is -2.37. The number of aromatic hydroxyl groups is 1. The molecule has 37 heavy (non-hydrogen) atoms. The first kappa shape index (κ1) is 30.0. The Balaban J connectivity index is 2.55. The van der Waals surface area contributed by atoms with Crippen molar-refractivity contribution in [3.05, 3.63) is 58.1 Å². The number of ether oxygens (including phenoxy) is 1. The van der Waals surface area contributed by atoms with Gasteiger partial charge < -0.3 is 25.4 Å². The molecule has 2 rings (SSSR count). The van der Waals surface area contributed by atoms with Gasteiger partial charge in [0.15, 0.2) is 0 Å². The molecule has 9 heteroatoms. The number of rotatable bonds is 8. The Morgan fingerprint density at radius 2 is 1.73 bits per heavy atom. The minimum absolute atomic E-state index is 0.0752. The Bertz CT molecular complexity index is 1120. The number of amides is 3. The van der Waals surface area contributed by atoms with Crippen LogP contribution >= 0.6 is 11.6 Å². The van der Waals surface area contributed by atoms with Gasteiger partial charge in [0, 0.05) is 6.04 Å². The van der Waals surface area contributed by atoms with E-state index in [9.17, 15) is 19.5 Å². The summed E-state index contributed by atoms with van der Waals surface area (Å²) >= 11 is 6.37. The number of phenolic OH excluding ortho intramolecular Hbond substituents is 1. The van der Waals surface area contributed by atoms with Gasteiger partial charge in [-0.25, -0.2) is 4.79 Å². The number of hydrogen-bond donors (Lipinski definition) is 3. The SMILES string of the molecule is CCC(C)N(C(=O)C(C)NC(=O)OC(C)(C)C)C(C(=O)Nc1c(C)cccc1Cl)c1ccc(O)c(C)c1. The van der Waals surface area contributed by atoms with Crippen molar-refractivity contribution in [3.8, 4) is 5.75 Å². The molecule has 3 amide bonds. The van der Waals surface area contributed by atoms with Crippen LogP contribution in [0.15, 0.2) is 36.4 Å². The molecule has 0 saturated heterocycles. The second kappa shape index (κ2) is 12.3. The number of halogens is 1. The van der Waals surface area contributed by atoms with E-state index in [1.165, 1.54) is 11.0 Å². The van der Waals surface area contributed by atoms with Crippen LogP contribution in [0, 0.1) is 13.8 Å². The van der Waals surface area contributed by atoms with Gasteiger partial charge >= 0.3 is 6.09 Å². The molecule has 8 nitrogen and oxygen atoms in total. The molecule has 3 N–H and O–H groups in total. The minimum Gasteiger partial charge on any atom is -0.508 e. The monoisotopic (exact) mass is 531 g/mol. The van der Waals surface area contributed by atoms with E-state index in [1.54, 1.807) is 58.9 Å². The smallest absolute Gasteiger partial charge is 0.408 e. The maximum absolute atomic E-state index is 13.9. The van der Waals surface area contributed by atoms with Gasteiger partial charge in [-0.3, -0.25) is 9.59 Å². The van der Waals surface area contributed by atoms with Crippen LogP contribution in [0.3, 0.4) is 0 Å². The zero-order chi connectivity index (χ0) is 28.1. The summed E-state index contributed by atoms with van der Waals surface area (Å²) in [6.07, 6.45) is -0.178. The summed E-state index contributed by atoms with van der Waals surface area (Å²) in [5, 5.41) is 15.9. The average Bonchev–Trinajstić information content (AvgIpc) is 2.79. The number of aryl methyl sites for hydroxylation is 2. The first-order valence-electron chi connectivity index (χ1n) is 12.3. The Kier molecular flexibility index (Phi) is 9.98. The fourth-order valence-corrected chi connectivity index (χ4v) is 4.10. The molecule has 0 aliphatic heterocycles. The highest BCUT2D eigenvalue weighted by atomic mass is 35.5. The number of nitrogens with one attached hydrogen (secondary N) is 2. The average molecular weight is 532 g/mol. The van der Waals surface area contributed by atoms with Gasteiger partial charge in [-0.1, -0.05) is 36.7 Å². The Hall–Kier alpha value is -3.26. The predicted octanol–water partition coefficient (Wildman–Crippen LogP) is 5.88.